The molecule has 9 heteroatoms. The Hall–Kier alpha value is -3.10. The number of carbonyl (C=O) groups excluding carboxylic acids is 1. The summed E-state index contributed by atoms with van der Waals surface area (Å²) in [5, 5.41) is 15.9. The molecule has 0 saturated carbocycles. The lowest BCUT2D eigenvalue weighted by Gasteiger charge is -2.20. The van der Waals surface area contributed by atoms with Gasteiger partial charge in [0, 0.05) is 10.6 Å². The molecule has 170 valence electrons. The first-order valence-corrected chi connectivity index (χ1v) is 11.7. The number of fused-ring (bicyclic) bond motifs is 1. The van der Waals surface area contributed by atoms with Crippen LogP contribution >= 0.6 is 23.4 Å². The van der Waals surface area contributed by atoms with Crippen LogP contribution in [0.4, 0.5) is 0 Å². The van der Waals surface area contributed by atoms with Crippen LogP contribution in [0, 0.1) is 19.3 Å². The molecule has 0 radical (unpaired) electrons. The van der Waals surface area contributed by atoms with Crippen LogP contribution in [0.2, 0.25) is 5.02 Å². The van der Waals surface area contributed by atoms with Crippen LogP contribution in [-0.2, 0) is 4.79 Å². The maximum Gasteiger partial charge on any atom is 0.283 e. The van der Waals surface area contributed by atoms with Crippen LogP contribution < -0.4 is 9.47 Å². The number of ether oxygens (including phenoxy) is 2. The Morgan fingerprint density at radius 3 is 2.67 bits per heavy atom. The molecule has 0 aromatic heterocycles. The first-order chi connectivity index (χ1) is 15.9. The van der Waals surface area contributed by atoms with Crippen molar-refractivity contribution in [1.82, 2.24) is 5.01 Å². The molecule has 33 heavy (non-hydrogen) atoms. The van der Waals surface area contributed by atoms with Gasteiger partial charge in [0.2, 0.25) is 5.17 Å². The van der Waals surface area contributed by atoms with Gasteiger partial charge in [0.25, 0.3) is 5.91 Å². The van der Waals surface area contributed by atoms with E-state index in [1.54, 1.807) is 24.3 Å². The first kappa shape index (κ1) is 23.1. The van der Waals surface area contributed by atoms with Crippen LogP contribution in [0.5, 0.6) is 11.5 Å². The van der Waals surface area contributed by atoms with Crippen molar-refractivity contribution < 1.29 is 14.3 Å². The van der Waals surface area contributed by atoms with E-state index in [4.69, 9.17) is 26.5 Å². The minimum Gasteiger partial charge on any atom is -0.490 e. The van der Waals surface area contributed by atoms with E-state index in [-0.39, 0.29) is 11.4 Å². The molecule has 0 atom stereocenters. The second kappa shape index (κ2) is 9.80. The first-order valence-electron chi connectivity index (χ1n) is 10.5. The number of hydrazone groups is 1. The number of amidine groups is 2. The van der Waals surface area contributed by atoms with E-state index in [0.29, 0.717) is 41.1 Å². The summed E-state index contributed by atoms with van der Waals surface area (Å²) in [5.74, 6) is 0.797. The highest BCUT2D eigenvalue weighted by molar-refractivity contribution is 8.26. The van der Waals surface area contributed by atoms with Crippen LogP contribution in [0.1, 0.15) is 30.0 Å². The van der Waals surface area contributed by atoms with Gasteiger partial charge in [-0.25, -0.2) is 0 Å². The molecule has 2 aromatic rings. The quantitative estimate of drug-likeness (QED) is 0.419. The van der Waals surface area contributed by atoms with Crippen molar-refractivity contribution in [2.45, 2.75) is 27.2 Å². The van der Waals surface area contributed by atoms with Gasteiger partial charge < -0.3 is 9.47 Å². The molecule has 1 N–H and O–H groups in total. The number of carbonyl (C=O) groups is 1. The lowest BCUT2D eigenvalue weighted by molar-refractivity contribution is -0.114. The molecule has 2 heterocycles. The summed E-state index contributed by atoms with van der Waals surface area (Å²) < 4.78 is 11.7. The molecule has 0 fully saturated rings. The Kier molecular flexibility index (Phi) is 6.85. The Balaban J connectivity index is 1.49. The van der Waals surface area contributed by atoms with E-state index in [1.165, 1.54) is 22.3 Å². The molecule has 0 saturated heterocycles. The average Bonchev–Trinajstić information content (AvgIpc) is 3.21. The van der Waals surface area contributed by atoms with Gasteiger partial charge in [-0.3, -0.25) is 10.2 Å². The molecule has 4 rings (SSSR count). The van der Waals surface area contributed by atoms with Gasteiger partial charge in [0.05, 0.1) is 5.57 Å². The van der Waals surface area contributed by atoms with Gasteiger partial charge in [-0.15, -0.1) is 0 Å². The fraction of sp³-hybridized carbons (Fsp3) is 0.250. The molecule has 2 aliphatic rings. The number of hydrogen-bond acceptors (Lipinski definition) is 6. The molecule has 7 nitrogen and oxygen atoms in total. The zero-order valence-electron chi connectivity index (χ0n) is 18.5. The number of rotatable bonds is 7. The molecule has 0 spiro atoms. The minimum atomic E-state index is -0.490. The number of benzene rings is 2. The SMILES string of the molecule is CCC1=NN2C(=N)/C(=C/c3cc(Cl)ccc3OCCOc3ccc(C)c(C)c3)C(=O)N=C2S1. The van der Waals surface area contributed by atoms with Crippen molar-refractivity contribution in [1.29, 1.82) is 5.41 Å². The zero-order valence-corrected chi connectivity index (χ0v) is 20.1. The number of aryl methyl sites for hydroxylation is 2. The number of hydrogen-bond donors (Lipinski definition) is 1. The van der Waals surface area contributed by atoms with Gasteiger partial charge >= 0.3 is 0 Å². The molecule has 2 aliphatic heterocycles. The van der Waals surface area contributed by atoms with Crippen LogP contribution in [-0.4, -0.2) is 40.2 Å². The van der Waals surface area contributed by atoms with Gasteiger partial charge in [0.15, 0.2) is 5.84 Å². The minimum absolute atomic E-state index is 0.0232. The van der Waals surface area contributed by atoms with E-state index in [9.17, 15) is 4.79 Å². The Morgan fingerprint density at radius 2 is 1.91 bits per heavy atom. The predicted octanol–water partition coefficient (Wildman–Crippen LogP) is 5.44. The maximum absolute atomic E-state index is 12.6. The van der Waals surface area contributed by atoms with E-state index >= 15 is 0 Å². The number of halogens is 1. The van der Waals surface area contributed by atoms with Crippen LogP contribution in [0.25, 0.3) is 6.08 Å². The summed E-state index contributed by atoms with van der Waals surface area (Å²) in [4.78, 5) is 16.7. The number of thioether (sulfide) groups is 1. The van der Waals surface area contributed by atoms with Crippen molar-refractivity contribution in [3.63, 3.8) is 0 Å². The normalized spacial score (nSPS) is 16.6. The van der Waals surface area contributed by atoms with Crippen LogP contribution in [0.3, 0.4) is 0 Å². The average molecular weight is 483 g/mol. The van der Waals surface area contributed by atoms with Crippen molar-refractivity contribution >= 4 is 51.4 Å². The van der Waals surface area contributed by atoms with Crippen LogP contribution in [0.15, 0.2) is 52.1 Å². The second-order valence-electron chi connectivity index (χ2n) is 7.49. The second-order valence-corrected chi connectivity index (χ2v) is 8.97. The molecular formula is C24H23ClN4O3S. The van der Waals surface area contributed by atoms with E-state index in [1.807, 2.05) is 32.0 Å². The molecule has 0 unspecified atom stereocenters. The number of amides is 1. The highest BCUT2D eigenvalue weighted by Crippen LogP contribution is 2.31. The third-order valence-electron chi connectivity index (χ3n) is 5.16. The summed E-state index contributed by atoms with van der Waals surface area (Å²) in [6.45, 7) is 6.71. The lowest BCUT2D eigenvalue weighted by atomic mass is 10.1. The molecular weight excluding hydrogens is 460 g/mol. The Bertz CT molecular complexity index is 1220. The van der Waals surface area contributed by atoms with Crippen molar-refractivity contribution in [2.75, 3.05) is 13.2 Å². The molecule has 0 aliphatic carbocycles. The third kappa shape index (κ3) is 5.12. The largest absolute Gasteiger partial charge is 0.490 e. The van der Waals surface area contributed by atoms with Crippen molar-refractivity contribution in [3.8, 4) is 11.5 Å². The highest BCUT2D eigenvalue weighted by atomic mass is 35.5. The standard InChI is InChI=1S/C24H23ClN4O3S/c1-4-21-28-29-22(26)19(23(30)27-24(29)33-21)13-16-12-17(25)6-8-20(16)32-10-9-31-18-7-5-14(2)15(3)11-18/h5-8,11-13,26H,4,9-10H2,1-3H3/b19-13-,26-22?. The fourth-order valence-electron chi connectivity index (χ4n) is 3.21. The zero-order chi connectivity index (χ0) is 23.5. The predicted molar refractivity (Wildman–Crippen MR) is 134 cm³/mol. The summed E-state index contributed by atoms with van der Waals surface area (Å²) >= 11 is 7.50. The van der Waals surface area contributed by atoms with Crippen molar-refractivity contribution in [3.05, 3.63) is 63.7 Å². The highest BCUT2D eigenvalue weighted by Gasteiger charge is 2.35. The van der Waals surface area contributed by atoms with Gasteiger partial charge in [-0.1, -0.05) is 24.6 Å². The molecule has 2 aromatic carbocycles. The summed E-state index contributed by atoms with van der Waals surface area (Å²) in [6, 6.07) is 11.1. The maximum atomic E-state index is 12.6. The smallest absolute Gasteiger partial charge is 0.283 e. The summed E-state index contributed by atoms with van der Waals surface area (Å²) in [6.07, 6.45) is 2.28. The molecule has 1 amide bonds. The fourth-order valence-corrected chi connectivity index (χ4v) is 4.21. The van der Waals surface area contributed by atoms with E-state index in [2.05, 4.69) is 17.0 Å². The third-order valence-corrected chi connectivity index (χ3v) is 6.45. The number of aliphatic imine (C=N–C) groups is 1. The lowest BCUT2D eigenvalue weighted by Crippen LogP contribution is -2.35. The van der Waals surface area contributed by atoms with Crippen molar-refractivity contribution in [2.24, 2.45) is 10.1 Å². The van der Waals surface area contributed by atoms with Gasteiger partial charge in [-0.05, 0) is 79.6 Å². The van der Waals surface area contributed by atoms with Gasteiger partial charge in [0.1, 0.15) is 29.8 Å². The van der Waals surface area contributed by atoms with Gasteiger partial charge in [-0.2, -0.15) is 15.1 Å². The monoisotopic (exact) mass is 482 g/mol. The Labute approximate surface area is 201 Å². The molecule has 0 bridgehead atoms. The Morgan fingerprint density at radius 1 is 1.12 bits per heavy atom. The topological polar surface area (TPSA) is 87.3 Å². The number of nitrogens with zero attached hydrogens (tertiary/aromatic N) is 3. The summed E-state index contributed by atoms with van der Waals surface area (Å²) in [7, 11) is 0. The van der Waals surface area contributed by atoms with E-state index < -0.39 is 5.91 Å². The number of nitrogens with one attached hydrogen (secondary N) is 1. The van der Waals surface area contributed by atoms with E-state index in [0.717, 1.165) is 16.4 Å². The summed E-state index contributed by atoms with van der Waals surface area (Å²) in [5.41, 5.74) is 3.07.